The second-order valence-corrected chi connectivity index (χ2v) is 2.31. The SMILES string of the molecule is CC.b1cccc2c1CC=C2. The topological polar surface area (TPSA) is 0 Å². The first kappa shape index (κ1) is 8.25. The monoisotopic (exact) mass is 144 g/mol. The summed E-state index contributed by atoms with van der Waals surface area (Å²) >= 11 is 0. The first-order valence-electron chi connectivity index (χ1n) is 4.21. The van der Waals surface area contributed by atoms with Crippen molar-refractivity contribution in [1.82, 2.24) is 0 Å². The zero-order valence-electron chi connectivity index (χ0n) is 7.17. The van der Waals surface area contributed by atoms with Gasteiger partial charge in [-0.15, -0.1) is 0 Å². The molecule has 0 aromatic carbocycles. The second-order valence-electron chi connectivity index (χ2n) is 2.31. The molecule has 1 aliphatic carbocycles. The van der Waals surface area contributed by atoms with Crippen LogP contribution < -0.4 is 0 Å². The molecule has 0 amide bonds. The van der Waals surface area contributed by atoms with Gasteiger partial charge in [0, 0.05) is 0 Å². The second kappa shape index (κ2) is 4.12. The fourth-order valence-corrected chi connectivity index (χ4v) is 1.20. The van der Waals surface area contributed by atoms with E-state index >= 15 is 0 Å². The van der Waals surface area contributed by atoms with E-state index in [0.717, 1.165) is 6.42 Å². The molecule has 1 aromatic heterocycles. The fraction of sp³-hybridized carbons (Fsp3) is 0.300. The van der Waals surface area contributed by atoms with Crippen LogP contribution in [-0.4, -0.2) is 6.91 Å². The van der Waals surface area contributed by atoms with Crippen molar-refractivity contribution in [2.45, 2.75) is 20.3 Å². The molecule has 2 rings (SSSR count). The molecule has 1 heteroatoms. The molecule has 0 N–H and O–H groups in total. The third-order valence-electron chi connectivity index (χ3n) is 1.69. The van der Waals surface area contributed by atoms with Crippen molar-refractivity contribution in [3.8, 4) is 0 Å². The molecule has 0 radical (unpaired) electrons. The Balaban J connectivity index is 0.000000281. The third kappa shape index (κ3) is 1.80. The number of allylic oxidation sites excluding steroid dienone is 1. The normalized spacial score (nSPS) is 11.5. The minimum absolute atomic E-state index is 1.12. The Morgan fingerprint density at radius 1 is 1.36 bits per heavy atom. The Kier molecular flexibility index (Phi) is 3.09. The molecular formula is C10H13B. The predicted molar refractivity (Wildman–Crippen MR) is 51.9 cm³/mol. The number of rotatable bonds is 0. The molecule has 11 heavy (non-hydrogen) atoms. The van der Waals surface area contributed by atoms with E-state index in [4.69, 9.17) is 0 Å². The van der Waals surface area contributed by atoms with Crippen LogP contribution in [0.2, 0.25) is 0 Å². The third-order valence-corrected chi connectivity index (χ3v) is 1.69. The molecular weight excluding hydrogens is 131 g/mol. The standard InChI is InChI=1S/C8H7B.C2H6/c1-3-7-4-2-6-9-8(7)5-1;1-2/h1-4,6H,5H2;1-2H3. The molecule has 1 heterocycles. The molecule has 0 unspecified atom stereocenters. The summed E-state index contributed by atoms with van der Waals surface area (Å²) in [5, 5.41) is 0. The Labute approximate surface area is 69.2 Å². The molecule has 0 atom stereocenters. The molecule has 0 saturated carbocycles. The summed E-state index contributed by atoms with van der Waals surface area (Å²) in [7, 11) is 0. The molecule has 56 valence electrons. The molecule has 0 saturated heterocycles. The van der Waals surface area contributed by atoms with Crippen molar-refractivity contribution in [3.05, 3.63) is 35.2 Å². The van der Waals surface area contributed by atoms with Gasteiger partial charge in [-0.2, -0.15) is 0 Å². The molecule has 1 aliphatic rings. The maximum atomic E-state index is 2.20. The fourth-order valence-electron chi connectivity index (χ4n) is 1.20. The van der Waals surface area contributed by atoms with E-state index in [1.807, 2.05) is 13.8 Å². The van der Waals surface area contributed by atoms with Crippen LogP contribution in [0.1, 0.15) is 24.9 Å². The van der Waals surface area contributed by atoms with Crippen molar-refractivity contribution < 1.29 is 0 Å². The molecule has 0 fully saturated rings. The molecule has 0 spiro atoms. The van der Waals surface area contributed by atoms with E-state index in [1.54, 1.807) is 0 Å². The summed E-state index contributed by atoms with van der Waals surface area (Å²) in [6.45, 7) is 6.18. The Hall–Kier alpha value is -0.845. The van der Waals surface area contributed by atoms with E-state index in [-0.39, 0.29) is 0 Å². The predicted octanol–water partition coefficient (Wildman–Crippen LogP) is 2.62. The van der Waals surface area contributed by atoms with Gasteiger partial charge in [-0.3, -0.25) is 0 Å². The van der Waals surface area contributed by atoms with Crippen molar-refractivity contribution in [1.29, 1.82) is 0 Å². The first-order valence-corrected chi connectivity index (χ1v) is 4.21. The van der Waals surface area contributed by atoms with E-state index < -0.39 is 0 Å². The minimum atomic E-state index is 1.12. The van der Waals surface area contributed by atoms with Crippen molar-refractivity contribution in [2.75, 3.05) is 0 Å². The van der Waals surface area contributed by atoms with Gasteiger partial charge in [-0.1, -0.05) is 13.8 Å². The van der Waals surface area contributed by atoms with Gasteiger partial charge in [0.05, 0.1) is 0 Å². The number of hydrogen-bond acceptors (Lipinski definition) is 0. The van der Waals surface area contributed by atoms with E-state index in [2.05, 4.69) is 37.2 Å². The van der Waals surface area contributed by atoms with Gasteiger partial charge in [0.25, 0.3) is 0 Å². The van der Waals surface area contributed by atoms with Crippen molar-refractivity contribution in [3.63, 3.8) is 0 Å². The molecule has 0 nitrogen and oxygen atoms in total. The summed E-state index contributed by atoms with van der Waals surface area (Å²) in [5.41, 5.74) is 2.84. The number of fused-ring (bicyclic) bond motifs is 1. The van der Waals surface area contributed by atoms with Crippen LogP contribution in [0.4, 0.5) is 0 Å². The van der Waals surface area contributed by atoms with Gasteiger partial charge in [0.1, 0.15) is 0 Å². The van der Waals surface area contributed by atoms with E-state index in [0.29, 0.717) is 0 Å². The van der Waals surface area contributed by atoms with Gasteiger partial charge < -0.3 is 0 Å². The molecule has 0 bridgehead atoms. The maximum absolute atomic E-state index is 2.20. The first-order chi connectivity index (χ1) is 5.47. The van der Waals surface area contributed by atoms with Gasteiger partial charge in [-0.05, 0) is 0 Å². The van der Waals surface area contributed by atoms with Crippen LogP contribution in [0.15, 0.2) is 24.2 Å². The van der Waals surface area contributed by atoms with Crippen LogP contribution in [-0.2, 0) is 6.42 Å². The summed E-state index contributed by atoms with van der Waals surface area (Å²) in [5.74, 6) is 2.09. The summed E-state index contributed by atoms with van der Waals surface area (Å²) in [6, 6.07) is 4.23. The number of hydrogen-bond donors (Lipinski definition) is 0. The average Bonchev–Trinajstić information content (AvgIpc) is 2.55. The van der Waals surface area contributed by atoms with E-state index in [1.165, 1.54) is 11.0 Å². The average molecular weight is 144 g/mol. The Morgan fingerprint density at radius 3 is 2.91 bits per heavy atom. The molecule has 0 aliphatic heterocycles. The zero-order valence-corrected chi connectivity index (χ0v) is 7.17. The van der Waals surface area contributed by atoms with E-state index in [9.17, 15) is 0 Å². The van der Waals surface area contributed by atoms with Gasteiger partial charge in [0.2, 0.25) is 0 Å². The molecule has 1 aromatic rings. The van der Waals surface area contributed by atoms with Crippen LogP contribution in [0, 0.1) is 0 Å². The van der Waals surface area contributed by atoms with Crippen molar-refractivity contribution >= 4 is 13.0 Å². The quantitative estimate of drug-likeness (QED) is 0.525. The van der Waals surface area contributed by atoms with Gasteiger partial charge in [0.15, 0.2) is 0 Å². The Bertz CT molecular complexity index is 251. The van der Waals surface area contributed by atoms with Crippen LogP contribution in [0.25, 0.3) is 6.08 Å². The van der Waals surface area contributed by atoms with Crippen LogP contribution >= 0.6 is 0 Å². The van der Waals surface area contributed by atoms with Gasteiger partial charge in [-0.25, -0.2) is 0 Å². The zero-order chi connectivity index (χ0) is 8.10. The Morgan fingerprint density at radius 2 is 2.18 bits per heavy atom. The van der Waals surface area contributed by atoms with Gasteiger partial charge >= 0.3 is 54.6 Å². The summed E-state index contributed by atoms with van der Waals surface area (Å²) in [6.07, 6.45) is 5.50. The van der Waals surface area contributed by atoms with Crippen LogP contribution in [0.3, 0.4) is 0 Å². The van der Waals surface area contributed by atoms with Crippen molar-refractivity contribution in [2.24, 2.45) is 0 Å². The summed E-state index contributed by atoms with van der Waals surface area (Å²) in [4.78, 5) is 0. The van der Waals surface area contributed by atoms with Crippen LogP contribution in [0.5, 0.6) is 0 Å². The summed E-state index contributed by atoms with van der Waals surface area (Å²) < 4.78 is 0.